The number of nitrogens with zero attached hydrogens (tertiary/aromatic N) is 2. The van der Waals surface area contributed by atoms with E-state index in [2.05, 4.69) is 0 Å². The minimum atomic E-state index is -3.67. The molecule has 0 unspecified atom stereocenters. The van der Waals surface area contributed by atoms with E-state index in [0.717, 1.165) is 0 Å². The van der Waals surface area contributed by atoms with Crippen molar-refractivity contribution in [2.24, 2.45) is 14.1 Å². The van der Waals surface area contributed by atoms with Gasteiger partial charge in [-0.05, 0) is 0 Å². The molecule has 1 aromatic rings. The highest BCUT2D eigenvalue weighted by Crippen LogP contribution is 1.70. The molecule has 0 spiro atoms. The predicted molar refractivity (Wildman–Crippen MR) is 44.1 cm³/mol. The molecule has 0 aliphatic carbocycles. The standard InChI is InChI=1S/C5H9N2.CH4O3S/c1-6-3-4-7(2)5-6;1-5(2,3)4/h3-5H,1-2H3;1H3,(H,2,3,4)/q+1;. The van der Waals surface area contributed by atoms with Gasteiger partial charge in [0.2, 0.25) is 6.33 Å². The van der Waals surface area contributed by atoms with Crippen molar-refractivity contribution in [3.63, 3.8) is 0 Å². The lowest BCUT2D eigenvalue weighted by Crippen LogP contribution is -2.23. The summed E-state index contributed by atoms with van der Waals surface area (Å²) in [5, 5.41) is 0. The number of imidazole rings is 1. The van der Waals surface area contributed by atoms with Gasteiger partial charge in [0.1, 0.15) is 12.4 Å². The average molecular weight is 193 g/mol. The van der Waals surface area contributed by atoms with Crippen LogP contribution in [0.15, 0.2) is 18.7 Å². The van der Waals surface area contributed by atoms with Crippen molar-refractivity contribution in [2.75, 3.05) is 6.26 Å². The van der Waals surface area contributed by atoms with Gasteiger partial charge < -0.3 is 0 Å². The third-order valence-electron chi connectivity index (χ3n) is 0.901. The monoisotopic (exact) mass is 193 g/mol. The number of aryl methyl sites for hydroxylation is 2. The summed E-state index contributed by atoms with van der Waals surface area (Å²) in [5.41, 5.74) is 0. The van der Waals surface area contributed by atoms with Crippen molar-refractivity contribution in [2.45, 2.75) is 0 Å². The molecule has 1 rings (SSSR count). The molecule has 0 amide bonds. The SMILES string of the molecule is CS(=O)(=O)O.Cn1cc[n+](C)c1. The Labute approximate surface area is 72.0 Å². The first-order valence-corrected chi connectivity index (χ1v) is 5.03. The van der Waals surface area contributed by atoms with Crippen molar-refractivity contribution in [3.8, 4) is 0 Å². The van der Waals surface area contributed by atoms with Crippen molar-refractivity contribution < 1.29 is 17.5 Å². The molecule has 0 fully saturated rings. The predicted octanol–water partition coefficient (Wildman–Crippen LogP) is -0.646. The Bertz CT molecular complexity index is 304. The highest BCUT2D eigenvalue weighted by atomic mass is 32.2. The van der Waals surface area contributed by atoms with Gasteiger partial charge in [0.25, 0.3) is 10.1 Å². The van der Waals surface area contributed by atoms with Crippen LogP contribution in [0, 0.1) is 0 Å². The van der Waals surface area contributed by atoms with Gasteiger partial charge in [-0.25, -0.2) is 9.13 Å². The number of hydrogen-bond donors (Lipinski definition) is 1. The van der Waals surface area contributed by atoms with Crippen LogP contribution in [-0.2, 0) is 24.2 Å². The van der Waals surface area contributed by atoms with E-state index in [9.17, 15) is 8.42 Å². The summed E-state index contributed by atoms with van der Waals surface area (Å²) >= 11 is 0. The van der Waals surface area contributed by atoms with Crippen LogP contribution < -0.4 is 4.57 Å². The number of hydrogen-bond acceptors (Lipinski definition) is 2. The Morgan fingerprint density at radius 3 is 2.00 bits per heavy atom. The molecule has 1 N–H and O–H groups in total. The molecule has 0 saturated carbocycles. The maximum atomic E-state index is 9.19. The fourth-order valence-corrected chi connectivity index (χ4v) is 0.575. The fourth-order valence-electron chi connectivity index (χ4n) is 0.575. The summed E-state index contributed by atoms with van der Waals surface area (Å²) in [6, 6.07) is 0. The molecule has 0 atom stereocenters. The van der Waals surface area contributed by atoms with Crippen molar-refractivity contribution in [1.82, 2.24) is 4.57 Å². The second-order valence-electron chi connectivity index (χ2n) is 2.48. The molecule has 0 saturated heterocycles. The van der Waals surface area contributed by atoms with E-state index in [-0.39, 0.29) is 0 Å². The third kappa shape index (κ3) is 9.12. The Morgan fingerprint density at radius 2 is 1.92 bits per heavy atom. The van der Waals surface area contributed by atoms with E-state index in [1.165, 1.54) is 0 Å². The number of rotatable bonds is 0. The van der Waals surface area contributed by atoms with Gasteiger partial charge in [-0.15, -0.1) is 0 Å². The van der Waals surface area contributed by atoms with Gasteiger partial charge in [0.05, 0.1) is 20.4 Å². The second-order valence-corrected chi connectivity index (χ2v) is 3.94. The minimum Gasteiger partial charge on any atom is -0.286 e. The van der Waals surface area contributed by atoms with Crippen LogP contribution in [0.1, 0.15) is 0 Å². The molecule has 0 aliphatic heterocycles. The Balaban J connectivity index is 0.000000217. The van der Waals surface area contributed by atoms with Crippen molar-refractivity contribution >= 4 is 10.1 Å². The molecule has 0 bridgehead atoms. The van der Waals surface area contributed by atoms with Gasteiger partial charge in [-0.1, -0.05) is 0 Å². The molecular formula is C6H13N2O3S+. The highest BCUT2D eigenvalue weighted by Gasteiger charge is 1.87. The molecule has 0 radical (unpaired) electrons. The van der Waals surface area contributed by atoms with Crippen molar-refractivity contribution in [3.05, 3.63) is 18.7 Å². The Hall–Kier alpha value is -0.880. The van der Waals surface area contributed by atoms with Crippen LogP contribution in [-0.4, -0.2) is 23.8 Å². The molecule has 70 valence electrons. The average Bonchev–Trinajstić information content (AvgIpc) is 2.09. The van der Waals surface area contributed by atoms with E-state index in [0.29, 0.717) is 6.26 Å². The summed E-state index contributed by atoms with van der Waals surface area (Å²) in [4.78, 5) is 0. The van der Waals surface area contributed by atoms with E-state index in [1.807, 2.05) is 42.0 Å². The molecule has 1 aromatic heterocycles. The zero-order valence-corrected chi connectivity index (χ0v) is 8.11. The lowest BCUT2D eigenvalue weighted by molar-refractivity contribution is -0.670. The lowest BCUT2D eigenvalue weighted by atomic mass is 10.9. The quantitative estimate of drug-likeness (QED) is 0.440. The molecule has 1 heterocycles. The zero-order valence-electron chi connectivity index (χ0n) is 7.30. The summed E-state index contributed by atoms with van der Waals surface area (Å²) in [6.07, 6.45) is 6.72. The van der Waals surface area contributed by atoms with Gasteiger partial charge >= 0.3 is 0 Å². The van der Waals surface area contributed by atoms with E-state index in [4.69, 9.17) is 4.55 Å². The van der Waals surface area contributed by atoms with E-state index < -0.39 is 10.1 Å². The van der Waals surface area contributed by atoms with Gasteiger partial charge in [-0.3, -0.25) is 4.55 Å². The maximum Gasteiger partial charge on any atom is 0.261 e. The highest BCUT2D eigenvalue weighted by molar-refractivity contribution is 7.85. The smallest absolute Gasteiger partial charge is 0.261 e. The Kier molecular flexibility index (Phi) is 3.91. The van der Waals surface area contributed by atoms with E-state index >= 15 is 0 Å². The van der Waals surface area contributed by atoms with Crippen molar-refractivity contribution in [1.29, 1.82) is 0 Å². The summed E-state index contributed by atoms with van der Waals surface area (Å²) in [6.45, 7) is 0. The zero-order chi connectivity index (χ0) is 9.78. The summed E-state index contributed by atoms with van der Waals surface area (Å²) < 4.78 is 29.9. The normalized spacial score (nSPS) is 10.3. The summed E-state index contributed by atoms with van der Waals surface area (Å²) in [7, 11) is 0.333. The first-order valence-electron chi connectivity index (χ1n) is 3.18. The molecule has 6 heteroatoms. The minimum absolute atomic E-state index is 0.715. The Morgan fingerprint density at radius 1 is 1.50 bits per heavy atom. The largest absolute Gasteiger partial charge is 0.286 e. The molecular weight excluding hydrogens is 180 g/mol. The van der Waals surface area contributed by atoms with Crippen LogP contribution in [0.25, 0.3) is 0 Å². The molecule has 0 aliphatic rings. The van der Waals surface area contributed by atoms with Crippen LogP contribution in [0.4, 0.5) is 0 Å². The summed E-state index contributed by atoms with van der Waals surface area (Å²) in [5.74, 6) is 0. The maximum absolute atomic E-state index is 9.19. The lowest BCUT2D eigenvalue weighted by Gasteiger charge is -1.72. The van der Waals surface area contributed by atoms with Crippen LogP contribution in [0.5, 0.6) is 0 Å². The van der Waals surface area contributed by atoms with Crippen LogP contribution in [0.2, 0.25) is 0 Å². The van der Waals surface area contributed by atoms with Crippen LogP contribution >= 0.6 is 0 Å². The van der Waals surface area contributed by atoms with Gasteiger partial charge in [0, 0.05) is 0 Å². The molecule has 0 aromatic carbocycles. The topological polar surface area (TPSA) is 63.2 Å². The number of aromatic nitrogens is 2. The van der Waals surface area contributed by atoms with Gasteiger partial charge in [-0.2, -0.15) is 8.42 Å². The first kappa shape index (κ1) is 11.1. The third-order valence-corrected chi connectivity index (χ3v) is 0.901. The molecule has 12 heavy (non-hydrogen) atoms. The first-order chi connectivity index (χ1) is 5.29. The molecule has 5 nitrogen and oxygen atoms in total. The van der Waals surface area contributed by atoms with Crippen LogP contribution in [0.3, 0.4) is 0 Å². The fraction of sp³-hybridized carbons (Fsp3) is 0.500. The van der Waals surface area contributed by atoms with Gasteiger partial charge in [0.15, 0.2) is 0 Å². The second kappa shape index (κ2) is 4.22. The van der Waals surface area contributed by atoms with E-state index in [1.54, 1.807) is 0 Å².